The maximum absolute atomic E-state index is 12.8. The van der Waals surface area contributed by atoms with E-state index in [0.29, 0.717) is 18.4 Å². The highest BCUT2D eigenvalue weighted by atomic mass is 19.3. The van der Waals surface area contributed by atoms with E-state index in [1.54, 1.807) is 6.07 Å². The largest absolute Gasteiger partial charge is 0.496 e. The molecule has 0 aromatic heterocycles. The zero-order chi connectivity index (χ0) is 12.6. The van der Waals surface area contributed by atoms with Gasteiger partial charge in [0.15, 0.2) is 0 Å². The summed E-state index contributed by atoms with van der Waals surface area (Å²) in [5.74, 6) is -0.868. The molecule has 0 spiro atoms. The fourth-order valence-corrected chi connectivity index (χ4v) is 1.95. The van der Waals surface area contributed by atoms with E-state index in [1.165, 1.54) is 19.2 Å². The lowest BCUT2D eigenvalue weighted by Gasteiger charge is -2.14. The van der Waals surface area contributed by atoms with Gasteiger partial charge in [0.2, 0.25) is 0 Å². The van der Waals surface area contributed by atoms with Crippen molar-refractivity contribution in [1.29, 1.82) is 0 Å². The Balaban J connectivity index is 2.45. The van der Waals surface area contributed by atoms with Crippen molar-refractivity contribution in [3.05, 3.63) is 29.3 Å². The first kappa shape index (κ1) is 11.8. The summed E-state index contributed by atoms with van der Waals surface area (Å²) in [4.78, 5) is 11.1. The van der Waals surface area contributed by atoms with E-state index in [1.807, 2.05) is 0 Å². The fraction of sp³-hybridized carbons (Fsp3) is 0.417. The van der Waals surface area contributed by atoms with Crippen LogP contribution < -0.4 is 4.74 Å². The monoisotopic (exact) mass is 242 g/mol. The molecule has 1 N–H and O–H groups in total. The summed E-state index contributed by atoms with van der Waals surface area (Å²) in [6.07, 6.45) is -1.68. The number of benzene rings is 1. The number of ether oxygens (including phenoxy) is 1. The molecule has 0 aliphatic heterocycles. The Morgan fingerprint density at radius 2 is 2.12 bits per heavy atom. The summed E-state index contributed by atoms with van der Waals surface area (Å²) in [5, 5.41) is 9.09. The molecule has 0 unspecified atom stereocenters. The highest BCUT2D eigenvalue weighted by molar-refractivity contribution is 5.85. The molecule has 1 aliphatic rings. The predicted octanol–water partition coefficient (Wildman–Crippen LogP) is 2.75. The number of hydrogen-bond donors (Lipinski definition) is 1. The molecule has 0 saturated heterocycles. The minimum atomic E-state index is -2.67. The quantitative estimate of drug-likeness (QED) is 0.883. The van der Waals surface area contributed by atoms with E-state index in [2.05, 4.69) is 0 Å². The number of carboxylic acids is 1. The molecular formula is C12H12F2O3. The molecular weight excluding hydrogens is 230 g/mol. The second-order valence-corrected chi connectivity index (χ2v) is 4.14. The van der Waals surface area contributed by atoms with Gasteiger partial charge in [0.1, 0.15) is 5.75 Å². The number of halogens is 2. The van der Waals surface area contributed by atoms with Gasteiger partial charge in [-0.1, -0.05) is 6.07 Å². The second-order valence-electron chi connectivity index (χ2n) is 4.14. The van der Waals surface area contributed by atoms with Crippen molar-refractivity contribution in [2.75, 3.05) is 7.11 Å². The van der Waals surface area contributed by atoms with Gasteiger partial charge < -0.3 is 9.84 Å². The lowest BCUT2D eigenvalue weighted by Crippen LogP contribution is -2.19. The van der Waals surface area contributed by atoms with Crippen LogP contribution in [0.2, 0.25) is 0 Å². The Bertz CT molecular complexity index is 453. The number of carbonyl (C=O) groups is 1. The number of hydrogen-bond acceptors (Lipinski definition) is 2. The summed E-state index contributed by atoms with van der Waals surface area (Å²) in [6.45, 7) is 0. The number of aliphatic carboxylic acids is 1. The van der Waals surface area contributed by atoms with E-state index in [9.17, 15) is 13.6 Å². The molecule has 1 aromatic rings. The molecule has 0 heterocycles. The van der Waals surface area contributed by atoms with Crippen LogP contribution in [0.4, 0.5) is 8.78 Å². The molecule has 0 radical (unpaired) electrons. The zero-order valence-corrected chi connectivity index (χ0v) is 9.24. The van der Waals surface area contributed by atoms with Crippen LogP contribution in [0.3, 0.4) is 0 Å². The maximum atomic E-state index is 12.8. The first-order valence-corrected chi connectivity index (χ1v) is 5.21. The summed E-state index contributed by atoms with van der Waals surface area (Å²) in [7, 11) is 1.31. The van der Waals surface area contributed by atoms with Crippen molar-refractivity contribution in [2.24, 2.45) is 0 Å². The van der Waals surface area contributed by atoms with Gasteiger partial charge in [-0.3, -0.25) is 4.79 Å². The molecule has 3 nitrogen and oxygen atoms in total. The van der Waals surface area contributed by atoms with E-state index in [0.717, 1.165) is 0 Å². The van der Waals surface area contributed by atoms with Crippen LogP contribution in [0.1, 0.15) is 30.4 Å². The number of alkyl halides is 2. The average Bonchev–Trinajstić information content (AvgIpc) is 3.09. The Kier molecular flexibility index (Phi) is 2.77. The van der Waals surface area contributed by atoms with Gasteiger partial charge >= 0.3 is 5.97 Å². The maximum Gasteiger partial charge on any atom is 0.314 e. The van der Waals surface area contributed by atoms with Crippen LogP contribution in [0.15, 0.2) is 18.2 Å². The Morgan fingerprint density at radius 3 is 2.53 bits per heavy atom. The van der Waals surface area contributed by atoms with Gasteiger partial charge in [-0.25, -0.2) is 8.78 Å². The van der Waals surface area contributed by atoms with E-state index in [4.69, 9.17) is 9.84 Å². The highest BCUT2D eigenvalue weighted by Gasteiger charge is 2.52. The second kappa shape index (κ2) is 3.98. The van der Waals surface area contributed by atoms with Crippen LogP contribution in [0, 0.1) is 0 Å². The minimum Gasteiger partial charge on any atom is -0.496 e. The first-order chi connectivity index (χ1) is 8.01. The van der Waals surface area contributed by atoms with E-state index in [-0.39, 0.29) is 11.3 Å². The topological polar surface area (TPSA) is 46.5 Å². The molecule has 1 aromatic carbocycles. The summed E-state index contributed by atoms with van der Waals surface area (Å²) in [5.41, 5.74) is -0.783. The summed E-state index contributed by atoms with van der Waals surface area (Å²) < 4.78 is 30.4. The van der Waals surface area contributed by atoms with Gasteiger partial charge in [0.05, 0.1) is 18.1 Å². The standard InChI is InChI=1S/C12H12F2O3/c1-17-9-3-2-7(6-8(9)10(13)14)12(4-5-12)11(15)16/h2-3,6,10H,4-5H2,1H3,(H,15,16). The smallest absolute Gasteiger partial charge is 0.314 e. The molecule has 1 saturated carbocycles. The summed E-state index contributed by atoms with van der Waals surface area (Å²) >= 11 is 0. The molecule has 0 atom stereocenters. The predicted molar refractivity (Wildman–Crippen MR) is 56.5 cm³/mol. The number of methoxy groups -OCH3 is 1. The molecule has 92 valence electrons. The lowest BCUT2D eigenvalue weighted by molar-refractivity contribution is -0.140. The average molecular weight is 242 g/mol. The first-order valence-electron chi connectivity index (χ1n) is 5.21. The summed E-state index contributed by atoms with van der Waals surface area (Å²) in [6, 6.07) is 4.19. The van der Waals surface area contributed by atoms with Crippen LogP contribution >= 0.6 is 0 Å². The van der Waals surface area contributed by atoms with Gasteiger partial charge in [0, 0.05) is 0 Å². The van der Waals surface area contributed by atoms with Crippen molar-refractivity contribution < 1.29 is 23.4 Å². The molecule has 2 rings (SSSR count). The fourth-order valence-electron chi connectivity index (χ4n) is 1.95. The Labute approximate surface area is 97.0 Å². The molecule has 1 fully saturated rings. The third-order valence-electron chi connectivity index (χ3n) is 3.18. The van der Waals surface area contributed by atoms with Crippen molar-refractivity contribution in [1.82, 2.24) is 0 Å². The normalized spacial score (nSPS) is 16.9. The lowest BCUT2D eigenvalue weighted by atomic mass is 9.94. The molecule has 5 heteroatoms. The number of carboxylic acid groups (broad SMARTS) is 1. The minimum absolute atomic E-state index is 0.0879. The van der Waals surface area contributed by atoms with Crippen molar-refractivity contribution in [3.63, 3.8) is 0 Å². The Morgan fingerprint density at radius 1 is 1.47 bits per heavy atom. The number of rotatable bonds is 4. The Hall–Kier alpha value is -1.65. The van der Waals surface area contributed by atoms with Gasteiger partial charge in [-0.2, -0.15) is 0 Å². The van der Waals surface area contributed by atoms with Crippen molar-refractivity contribution in [2.45, 2.75) is 24.7 Å². The van der Waals surface area contributed by atoms with Gasteiger partial charge in [-0.05, 0) is 30.5 Å². The van der Waals surface area contributed by atoms with Crippen molar-refractivity contribution in [3.8, 4) is 5.75 Å². The molecule has 1 aliphatic carbocycles. The van der Waals surface area contributed by atoms with E-state index >= 15 is 0 Å². The van der Waals surface area contributed by atoms with E-state index < -0.39 is 17.8 Å². The highest BCUT2D eigenvalue weighted by Crippen LogP contribution is 2.49. The van der Waals surface area contributed by atoms with Crippen LogP contribution in [0.25, 0.3) is 0 Å². The van der Waals surface area contributed by atoms with Gasteiger partial charge in [0.25, 0.3) is 6.43 Å². The van der Waals surface area contributed by atoms with Gasteiger partial charge in [-0.15, -0.1) is 0 Å². The zero-order valence-electron chi connectivity index (χ0n) is 9.24. The van der Waals surface area contributed by atoms with Crippen LogP contribution in [-0.4, -0.2) is 18.2 Å². The van der Waals surface area contributed by atoms with Crippen LogP contribution in [-0.2, 0) is 10.2 Å². The molecule has 17 heavy (non-hydrogen) atoms. The third-order valence-corrected chi connectivity index (χ3v) is 3.18. The van der Waals surface area contributed by atoms with Crippen molar-refractivity contribution >= 4 is 5.97 Å². The SMILES string of the molecule is COc1ccc(C2(C(=O)O)CC2)cc1C(F)F. The molecule has 0 amide bonds. The molecule has 0 bridgehead atoms. The van der Waals surface area contributed by atoms with Crippen LogP contribution in [0.5, 0.6) is 5.75 Å². The third kappa shape index (κ3) is 1.85.